The number of halogens is 1. The van der Waals surface area contributed by atoms with E-state index < -0.39 is 0 Å². The average Bonchev–Trinajstić information content (AvgIpc) is 2.81. The van der Waals surface area contributed by atoms with E-state index in [2.05, 4.69) is 31.5 Å². The van der Waals surface area contributed by atoms with Crippen LogP contribution in [0.25, 0.3) is 22.5 Å². The molecular formula is C15H13BrN3Rb. The number of nitrogens with one attached hydrogen (secondary N) is 1. The smallest absolute Gasteiger partial charge is 0.671 e. The van der Waals surface area contributed by atoms with Crippen LogP contribution in [0.5, 0.6) is 0 Å². The third-order valence-electron chi connectivity index (χ3n) is 3.16. The molecule has 0 spiro atoms. The first-order valence-corrected chi connectivity index (χ1v) is 6.88. The van der Waals surface area contributed by atoms with Gasteiger partial charge in [0, 0.05) is 10.2 Å². The van der Waals surface area contributed by atoms with Crippen LogP contribution < -0.4 is 58.2 Å². The van der Waals surface area contributed by atoms with Crippen LogP contribution in [-0.4, -0.2) is 9.55 Å². The zero-order valence-electron chi connectivity index (χ0n) is 11.5. The Kier molecular flexibility index (Phi) is 5.74. The maximum Gasteiger partial charge on any atom is 1.00 e. The predicted octanol–water partition coefficient (Wildman–Crippen LogP) is 1.91. The molecular weight excluding hydrogens is 388 g/mol. The first-order valence-electron chi connectivity index (χ1n) is 6.09. The molecule has 1 heterocycles. The van der Waals surface area contributed by atoms with Gasteiger partial charge in [-0.3, -0.25) is 4.57 Å². The number of hydrogen-bond acceptors (Lipinski definition) is 1. The fraction of sp³-hybridized carbons (Fsp3) is 0.133. The molecule has 0 amide bonds. The molecule has 0 fully saturated rings. The Morgan fingerprint density at radius 1 is 1.20 bits per heavy atom. The second-order valence-electron chi connectivity index (χ2n) is 4.56. The van der Waals surface area contributed by atoms with Gasteiger partial charge >= 0.3 is 58.2 Å². The summed E-state index contributed by atoms with van der Waals surface area (Å²) < 4.78 is 3.10. The number of hydrogen-bond donors (Lipinski definition) is 0. The largest absolute Gasteiger partial charge is 1.00 e. The van der Waals surface area contributed by atoms with Gasteiger partial charge in [0.25, 0.3) is 0 Å². The van der Waals surface area contributed by atoms with Crippen molar-refractivity contribution in [2.45, 2.75) is 13.0 Å². The standard InChI is InChI=1S/C15H13BrN3.Rb/c1-10(17)11-5-6-15-14(7-11)18-9-19(15)13-4-2-3-12(16)8-13;/h2-10,17H,1H3;/q-1;+1/t10-;/m1./s1. The van der Waals surface area contributed by atoms with Gasteiger partial charge in [-0.25, -0.2) is 4.98 Å². The Balaban J connectivity index is 0.00000147. The van der Waals surface area contributed by atoms with E-state index in [1.807, 2.05) is 49.6 Å². The van der Waals surface area contributed by atoms with Crippen molar-refractivity contribution in [2.75, 3.05) is 0 Å². The van der Waals surface area contributed by atoms with Crippen molar-refractivity contribution in [3.05, 3.63) is 64.6 Å². The predicted molar refractivity (Wildman–Crippen MR) is 81.5 cm³/mol. The summed E-state index contributed by atoms with van der Waals surface area (Å²) in [7, 11) is 0. The summed E-state index contributed by atoms with van der Waals surface area (Å²) in [6, 6.07) is 13.9. The molecule has 0 aliphatic carbocycles. The monoisotopic (exact) mass is 399 g/mol. The zero-order chi connectivity index (χ0) is 13.4. The molecule has 1 aromatic heterocycles. The van der Waals surface area contributed by atoms with Crippen LogP contribution >= 0.6 is 15.9 Å². The number of nitrogens with zero attached hydrogens (tertiary/aromatic N) is 2. The molecule has 0 aliphatic heterocycles. The average molecular weight is 401 g/mol. The van der Waals surface area contributed by atoms with Crippen molar-refractivity contribution in [3.63, 3.8) is 0 Å². The number of rotatable bonds is 2. The van der Waals surface area contributed by atoms with Crippen molar-refractivity contribution in [3.8, 4) is 5.69 Å². The Morgan fingerprint density at radius 3 is 2.70 bits per heavy atom. The minimum Gasteiger partial charge on any atom is -0.671 e. The van der Waals surface area contributed by atoms with E-state index in [1.165, 1.54) is 0 Å². The van der Waals surface area contributed by atoms with Crippen LogP contribution in [0.1, 0.15) is 18.5 Å². The Morgan fingerprint density at radius 2 is 2.00 bits per heavy atom. The molecule has 3 nitrogen and oxygen atoms in total. The van der Waals surface area contributed by atoms with Crippen LogP contribution in [0.3, 0.4) is 0 Å². The number of fused-ring (bicyclic) bond motifs is 1. The minimum atomic E-state index is -0.222. The number of benzene rings is 2. The third kappa shape index (κ3) is 3.31. The molecule has 3 aromatic rings. The van der Waals surface area contributed by atoms with Gasteiger partial charge in [-0.15, -0.1) is 6.04 Å². The topological polar surface area (TPSA) is 41.6 Å². The zero-order valence-corrected chi connectivity index (χ0v) is 18.0. The molecule has 5 heteroatoms. The number of imidazole rings is 1. The van der Waals surface area contributed by atoms with E-state index in [0.29, 0.717) is 0 Å². The van der Waals surface area contributed by atoms with Crippen molar-refractivity contribution in [2.24, 2.45) is 0 Å². The summed E-state index contributed by atoms with van der Waals surface area (Å²) in [6.07, 6.45) is 1.82. The maximum atomic E-state index is 7.75. The van der Waals surface area contributed by atoms with Gasteiger partial charge in [0.15, 0.2) is 0 Å². The molecule has 2 aromatic carbocycles. The Hall–Kier alpha value is 0.155. The van der Waals surface area contributed by atoms with Crippen LogP contribution in [-0.2, 0) is 0 Å². The number of aromatic nitrogens is 2. The molecule has 0 saturated heterocycles. The van der Waals surface area contributed by atoms with Crippen molar-refractivity contribution in [1.82, 2.24) is 9.55 Å². The van der Waals surface area contributed by atoms with Gasteiger partial charge in [-0.2, -0.15) is 0 Å². The fourth-order valence-corrected chi connectivity index (χ4v) is 2.52. The molecule has 0 saturated carbocycles. The van der Waals surface area contributed by atoms with Gasteiger partial charge in [0.2, 0.25) is 0 Å². The SMILES string of the molecule is C[C@@H]([NH-])c1ccc2c(c1)ncn2-c1cccc(Br)c1.[Rb+]. The van der Waals surface area contributed by atoms with Gasteiger partial charge < -0.3 is 5.73 Å². The summed E-state index contributed by atoms with van der Waals surface area (Å²) in [5.41, 5.74) is 11.8. The molecule has 0 aliphatic rings. The second-order valence-corrected chi connectivity index (χ2v) is 5.48. The Labute approximate surface area is 175 Å². The summed E-state index contributed by atoms with van der Waals surface area (Å²) in [5.74, 6) is 0. The van der Waals surface area contributed by atoms with Crippen molar-refractivity contribution >= 4 is 27.0 Å². The maximum absolute atomic E-state index is 7.75. The normalized spacial score (nSPS) is 12.2. The van der Waals surface area contributed by atoms with E-state index in [9.17, 15) is 0 Å². The van der Waals surface area contributed by atoms with Crippen LogP contribution in [0.15, 0.2) is 53.3 Å². The van der Waals surface area contributed by atoms with Gasteiger partial charge in [0.1, 0.15) is 6.33 Å². The molecule has 0 radical (unpaired) electrons. The summed E-state index contributed by atoms with van der Waals surface area (Å²) in [6.45, 7) is 1.87. The quantitative estimate of drug-likeness (QED) is 0.648. The Bertz CT molecular complexity index is 737. The molecule has 1 N–H and O–H groups in total. The van der Waals surface area contributed by atoms with Gasteiger partial charge in [-0.05, 0) is 30.3 Å². The van der Waals surface area contributed by atoms with Crippen LogP contribution in [0.2, 0.25) is 0 Å². The van der Waals surface area contributed by atoms with E-state index in [4.69, 9.17) is 5.73 Å². The first kappa shape index (κ1) is 16.5. The van der Waals surface area contributed by atoms with Crippen molar-refractivity contribution < 1.29 is 58.2 Å². The van der Waals surface area contributed by atoms with Gasteiger partial charge in [0.05, 0.1) is 11.0 Å². The van der Waals surface area contributed by atoms with E-state index >= 15 is 0 Å². The van der Waals surface area contributed by atoms with E-state index in [-0.39, 0.29) is 64.2 Å². The molecule has 20 heavy (non-hydrogen) atoms. The minimum absolute atomic E-state index is 0. The van der Waals surface area contributed by atoms with Crippen LogP contribution in [0.4, 0.5) is 0 Å². The van der Waals surface area contributed by atoms with Crippen LogP contribution in [0, 0.1) is 0 Å². The summed E-state index contributed by atoms with van der Waals surface area (Å²) >= 11 is 3.48. The van der Waals surface area contributed by atoms with Crippen molar-refractivity contribution in [1.29, 1.82) is 0 Å². The summed E-state index contributed by atoms with van der Waals surface area (Å²) in [4.78, 5) is 4.43. The van der Waals surface area contributed by atoms with Gasteiger partial charge in [-0.1, -0.05) is 40.5 Å². The molecule has 0 unspecified atom stereocenters. The van der Waals surface area contributed by atoms with E-state index in [0.717, 1.165) is 26.8 Å². The fourth-order valence-electron chi connectivity index (χ4n) is 2.13. The third-order valence-corrected chi connectivity index (χ3v) is 3.65. The summed E-state index contributed by atoms with van der Waals surface area (Å²) in [5, 5.41) is 0. The first-order chi connectivity index (χ1) is 9.15. The molecule has 3 rings (SSSR count). The molecule has 0 bridgehead atoms. The molecule has 96 valence electrons. The molecule has 1 atom stereocenters. The van der Waals surface area contributed by atoms with E-state index in [1.54, 1.807) is 0 Å². The second kappa shape index (κ2) is 6.94.